The van der Waals surface area contributed by atoms with Crippen LogP contribution in [0.1, 0.15) is 41.5 Å². The highest BCUT2D eigenvalue weighted by Crippen LogP contribution is 2.22. The fraction of sp³-hybridized carbons (Fsp3) is 0.833. The highest BCUT2D eigenvalue weighted by molar-refractivity contribution is 9.12. The molecule has 2 atom stereocenters. The average molecular weight is 388 g/mol. The van der Waals surface area contributed by atoms with Gasteiger partial charge in [0.1, 0.15) is 20.9 Å². The minimum absolute atomic E-state index is 0.504. The molecule has 4 nitrogen and oxygen atoms in total. The Morgan fingerprint density at radius 2 is 1.00 bits per heavy atom. The van der Waals surface area contributed by atoms with Crippen molar-refractivity contribution in [2.24, 2.45) is 0 Å². The van der Waals surface area contributed by atoms with E-state index in [0.29, 0.717) is 0 Å². The number of esters is 2. The van der Waals surface area contributed by atoms with Gasteiger partial charge in [-0.05, 0) is 41.5 Å². The molecule has 0 heterocycles. The van der Waals surface area contributed by atoms with Gasteiger partial charge >= 0.3 is 11.9 Å². The third-order valence-electron chi connectivity index (χ3n) is 1.52. The lowest BCUT2D eigenvalue weighted by Gasteiger charge is -2.25. The molecule has 0 saturated heterocycles. The second-order valence-electron chi connectivity index (χ2n) is 5.87. The van der Waals surface area contributed by atoms with E-state index in [4.69, 9.17) is 9.47 Å². The summed E-state index contributed by atoms with van der Waals surface area (Å²) in [6, 6.07) is 0. The minimum Gasteiger partial charge on any atom is -0.459 e. The van der Waals surface area contributed by atoms with Crippen LogP contribution in [0.3, 0.4) is 0 Å². The maximum Gasteiger partial charge on any atom is 0.322 e. The van der Waals surface area contributed by atoms with Crippen LogP contribution in [0.2, 0.25) is 0 Å². The van der Waals surface area contributed by atoms with E-state index in [2.05, 4.69) is 31.9 Å². The number of alkyl halides is 2. The van der Waals surface area contributed by atoms with E-state index < -0.39 is 32.8 Å². The van der Waals surface area contributed by atoms with Gasteiger partial charge in [0.25, 0.3) is 0 Å². The summed E-state index contributed by atoms with van der Waals surface area (Å²) in [6.07, 6.45) is 0. The Hall–Kier alpha value is -0.100. The molecule has 0 bridgehead atoms. The average Bonchev–Trinajstić information content (AvgIpc) is 2.09. The van der Waals surface area contributed by atoms with E-state index in [1.165, 1.54) is 0 Å². The summed E-state index contributed by atoms with van der Waals surface area (Å²) in [5.41, 5.74) is -1.19. The predicted octanol–water partition coefficient (Wildman–Crippen LogP) is 3.20. The van der Waals surface area contributed by atoms with E-state index in [1.807, 2.05) is 0 Å². The highest BCUT2D eigenvalue weighted by Gasteiger charge is 2.35. The third-order valence-corrected chi connectivity index (χ3v) is 4.04. The third kappa shape index (κ3) is 7.36. The zero-order valence-electron chi connectivity index (χ0n) is 11.5. The Labute approximate surface area is 125 Å². The lowest BCUT2D eigenvalue weighted by atomic mass is 10.2. The standard InChI is InChI=1S/C12H20Br2O4/c1-11(2,3)17-9(15)7(13)8(14)10(16)18-12(4,5)6/h7-8H,1-6H3. The SMILES string of the molecule is CC(C)(C)OC(=O)C(Br)C(Br)C(=O)OC(C)(C)C. The summed E-state index contributed by atoms with van der Waals surface area (Å²) in [6.45, 7) is 10.6. The molecular formula is C12H20Br2O4. The monoisotopic (exact) mass is 386 g/mol. The van der Waals surface area contributed by atoms with Crippen molar-refractivity contribution >= 4 is 43.8 Å². The molecular weight excluding hydrogens is 368 g/mol. The Morgan fingerprint density at radius 3 is 1.17 bits per heavy atom. The van der Waals surface area contributed by atoms with Crippen LogP contribution in [0.25, 0.3) is 0 Å². The number of carbonyl (C=O) groups is 2. The normalized spacial score (nSPS) is 15.8. The lowest BCUT2D eigenvalue weighted by molar-refractivity contribution is -0.160. The molecule has 0 aliphatic heterocycles. The van der Waals surface area contributed by atoms with E-state index in [9.17, 15) is 9.59 Å². The van der Waals surface area contributed by atoms with E-state index >= 15 is 0 Å². The molecule has 18 heavy (non-hydrogen) atoms. The summed E-state index contributed by atoms with van der Waals surface area (Å²) < 4.78 is 10.4. The topological polar surface area (TPSA) is 52.6 Å². The second kappa shape index (κ2) is 6.37. The van der Waals surface area contributed by atoms with Crippen LogP contribution in [0.5, 0.6) is 0 Å². The number of ether oxygens (including phenoxy) is 2. The summed E-state index contributed by atoms with van der Waals surface area (Å²) in [5.74, 6) is -1.01. The molecule has 0 rings (SSSR count). The van der Waals surface area contributed by atoms with Crippen molar-refractivity contribution in [3.8, 4) is 0 Å². The van der Waals surface area contributed by atoms with Gasteiger partial charge in [-0.15, -0.1) is 0 Å². The molecule has 0 fully saturated rings. The molecule has 0 aliphatic rings. The molecule has 106 valence electrons. The predicted molar refractivity (Wildman–Crippen MR) is 77.1 cm³/mol. The Morgan fingerprint density at radius 1 is 0.778 bits per heavy atom. The summed E-state index contributed by atoms with van der Waals surface area (Å²) >= 11 is 6.29. The van der Waals surface area contributed by atoms with Gasteiger partial charge in [0.2, 0.25) is 0 Å². The van der Waals surface area contributed by atoms with Gasteiger partial charge in [-0.1, -0.05) is 31.9 Å². The number of hydrogen-bond donors (Lipinski definition) is 0. The first kappa shape index (κ1) is 17.9. The van der Waals surface area contributed by atoms with Crippen molar-refractivity contribution in [2.75, 3.05) is 0 Å². The molecule has 0 spiro atoms. The maximum atomic E-state index is 11.8. The molecule has 0 radical (unpaired) electrons. The van der Waals surface area contributed by atoms with Crippen molar-refractivity contribution in [2.45, 2.75) is 62.4 Å². The van der Waals surface area contributed by atoms with Gasteiger partial charge in [-0.3, -0.25) is 9.59 Å². The molecule has 0 amide bonds. The van der Waals surface area contributed by atoms with Crippen LogP contribution < -0.4 is 0 Å². The fourth-order valence-corrected chi connectivity index (χ4v) is 1.57. The number of rotatable bonds is 3. The van der Waals surface area contributed by atoms with Crippen LogP contribution in [-0.4, -0.2) is 32.8 Å². The van der Waals surface area contributed by atoms with Gasteiger partial charge in [0, 0.05) is 0 Å². The van der Waals surface area contributed by atoms with E-state index in [-0.39, 0.29) is 0 Å². The Kier molecular flexibility index (Phi) is 6.33. The van der Waals surface area contributed by atoms with Crippen molar-refractivity contribution < 1.29 is 19.1 Å². The van der Waals surface area contributed by atoms with Crippen molar-refractivity contribution in [3.63, 3.8) is 0 Å². The van der Waals surface area contributed by atoms with Crippen LogP contribution in [0, 0.1) is 0 Å². The van der Waals surface area contributed by atoms with Crippen LogP contribution in [0.15, 0.2) is 0 Å². The molecule has 0 aliphatic carbocycles. The number of halogens is 2. The van der Waals surface area contributed by atoms with Crippen molar-refractivity contribution in [1.82, 2.24) is 0 Å². The zero-order valence-corrected chi connectivity index (χ0v) is 14.7. The smallest absolute Gasteiger partial charge is 0.322 e. The van der Waals surface area contributed by atoms with E-state index in [0.717, 1.165) is 0 Å². The molecule has 0 aromatic rings. The van der Waals surface area contributed by atoms with Gasteiger partial charge < -0.3 is 9.47 Å². The summed E-state index contributed by atoms with van der Waals surface area (Å²) in [5, 5.41) is 0. The van der Waals surface area contributed by atoms with Gasteiger partial charge in [0.05, 0.1) is 0 Å². The van der Waals surface area contributed by atoms with Gasteiger partial charge in [0.15, 0.2) is 0 Å². The molecule has 6 heteroatoms. The van der Waals surface area contributed by atoms with Crippen molar-refractivity contribution in [1.29, 1.82) is 0 Å². The first-order valence-corrected chi connectivity index (χ1v) is 7.40. The van der Waals surface area contributed by atoms with Crippen LogP contribution in [-0.2, 0) is 19.1 Å². The zero-order chi connectivity index (χ0) is 14.7. The number of carbonyl (C=O) groups excluding carboxylic acids is 2. The Bertz CT molecular complexity index is 283. The summed E-state index contributed by atoms with van der Waals surface area (Å²) in [4.78, 5) is 22.0. The Balaban J connectivity index is 4.55. The van der Waals surface area contributed by atoms with Crippen LogP contribution in [0.4, 0.5) is 0 Å². The first-order chi connectivity index (χ1) is 7.83. The van der Waals surface area contributed by atoms with Crippen molar-refractivity contribution in [3.05, 3.63) is 0 Å². The van der Waals surface area contributed by atoms with Crippen LogP contribution >= 0.6 is 31.9 Å². The van der Waals surface area contributed by atoms with Gasteiger partial charge in [-0.25, -0.2) is 0 Å². The first-order valence-electron chi connectivity index (χ1n) is 5.57. The summed E-state index contributed by atoms with van der Waals surface area (Å²) in [7, 11) is 0. The minimum atomic E-state index is -0.786. The molecule has 0 aromatic carbocycles. The number of hydrogen-bond acceptors (Lipinski definition) is 4. The fourth-order valence-electron chi connectivity index (χ4n) is 0.955. The molecule has 0 saturated carbocycles. The molecule has 0 aromatic heterocycles. The quantitative estimate of drug-likeness (QED) is 0.551. The maximum absolute atomic E-state index is 11.8. The van der Waals surface area contributed by atoms with Gasteiger partial charge in [-0.2, -0.15) is 0 Å². The highest BCUT2D eigenvalue weighted by atomic mass is 79.9. The second-order valence-corrected chi connectivity index (χ2v) is 7.84. The largest absolute Gasteiger partial charge is 0.459 e. The molecule has 2 unspecified atom stereocenters. The lowest BCUT2D eigenvalue weighted by Crippen LogP contribution is -2.39. The molecule has 0 N–H and O–H groups in total. The van der Waals surface area contributed by atoms with E-state index in [1.54, 1.807) is 41.5 Å².